The number of nitrogens with one attached hydrogen (secondary N) is 1. The van der Waals surface area contributed by atoms with Crippen molar-refractivity contribution in [2.75, 3.05) is 13.6 Å². The van der Waals surface area contributed by atoms with E-state index in [2.05, 4.69) is 5.32 Å². The van der Waals surface area contributed by atoms with Crippen molar-refractivity contribution in [1.29, 1.82) is 0 Å². The minimum absolute atomic E-state index is 0.00956. The number of nitrogens with zero attached hydrogens (tertiary/aromatic N) is 1. The number of carbonyl (C=O) groups excluding carboxylic acids is 1. The zero-order chi connectivity index (χ0) is 15.3. The molecule has 1 rings (SSSR count). The molecule has 0 radical (unpaired) electrons. The van der Waals surface area contributed by atoms with Crippen LogP contribution in [0, 0.1) is 5.92 Å². The monoisotopic (exact) mass is 298 g/mol. The predicted molar refractivity (Wildman–Crippen MR) is 78.7 cm³/mol. The highest BCUT2D eigenvalue weighted by atomic mass is 32.2. The SMILES string of the molecule is CC(C)[C@H](C)NC(=O)CN(C)S(=O)(=O)c1ccccc1. The number of benzene rings is 1. The largest absolute Gasteiger partial charge is 0.352 e. The maximum atomic E-state index is 12.2. The van der Waals surface area contributed by atoms with Crippen molar-refractivity contribution in [3.8, 4) is 0 Å². The molecule has 1 atom stereocenters. The molecule has 0 aliphatic rings. The van der Waals surface area contributed by atoms with Gasteiger partial charge in [-0.25, -0.2) is 8.42 Å². The molecular weight excluding hydrogens is 276 g/mol. The van der Waals surface area contributed by atoms with Gasteiger partial charge in [0.25, 0.3) is 0 Å². The Labute approximate surface area is 121 Å². The van der Waals surface area contributed by atoms with Crippen molar-refractivity contribution in [3.63, 3.8) is 0 Å². The first-order valence-electron chi connectivity index (χ1n) is 6.56. The van der Waals surface area contributed by atoms with E-state index in [1.54, 1.807) is 18.2 Å². The van der Waals surface area contributed by atoms with Gasteiger partial charge in [-0.3, -0.25) is 4.79 Å². The third-order valence-corrected chi connectivity index (χ3v) is 5.02. The van der Waals surface area contributed by atoms with Gasteiger partial charge in [-0.2, -0.15) is 4.31 Å². The summed E-state index contributed by atoms with van der Waals surface area (Å²) in [5, 5.41) is 2.79. The summed E-state index contributed by atoms with van der Waals surface area (Å²) in [6, 6.07) is 8.09. The predicted octanol–water partition coefficient (Wildman–Crippen LogP) is 1.47. The summed E-state index contributed by atoms with van der Waals surface area (Å²) >= 11 is 0. The van der Waals surface area contributed by atoms with Crippen molar-refractivity contribution in [3.05, 3.63) is 30.3 Å². The molecule has 1 aromatic carbocycles. The number of sulfonamides is 1. The number of rotatable bonds is 6. The lowest BCUT2D eigenvalue weighted by Gasteiger charge is -2.21. The fourth-order valence-corrected chi connectivity index (χ4v) is 2.67. The van der Waals surface area contributed by atoms with E-state index in [0.717, 1.165) is 4.31 Å². The van der Waals surface area contributed by atoms with Crippen molar-refractivity contribution >= 4 is 15.9 Å². The first-order valence-corrected chi connectivity index (χ1v) is 8.00. The fourth-order valence-electron chi connectivity index (χ4n) is 1.53. The lowest BCUT2D eigenvalue weighted by atomic mass is 10.1. The Morgan fingerprint density at radius 2 is 1.75 bits per heavy atom. The summed E-state index contributed by atoms with van der Waals surface area (Å²) in [6.07, 6.45) is 0. The van der Waals surface area contributed by atoms with Gasteiger partial charge in [-0.15, -0.1) is 0 Å². The third-order valence-electron chi connectivity index (χ3n) is 3.21. The van der Waals surface area contributed by atoms with E-state index in [9.17, 15) is 13.2 Å². The molecule has 20 heavy (non-hydrogen) atoms. The van der Waals surface area contributed by atoms with Crippen molar-refractivity contribution in [2.24, 2.45) is 5.92 Å². The average molecular weight is 298 g/mol. The van der Waals surface area contributed by atoms with Crippen molar-refractivity contribution in [2.45, 2.75) is 31.7 Å². The van der Waals surface area contributed by atoms with Gasteiger partial charge in [-0.1, -0.05) is 32.0 Å². The zero-order valence-corrected chi connectivity index (χ0v) is 13.1. The first-order chi connectivity index (χ1) is 9.25. The summed E-state index contributed by atoms with van der Waals surface area (Å²) in [4.78, 5) is 12.0. The molecule has 0 saturated carbocycles. The van der Waals surface area contributed by atoms with Gasteiger partial charge in [0.15, 0.2) is 0 Å². The second-order valence-electron chi connectivity index (χ2n) is 5.17. The highest BCUT2D eigenvalue weighted by Crippen LogP contribution is 2.13. The molecule has 1 aromatic rings. The molecule has 0 unspecified atom stereocenters. The molecule has 0 heterocycles. The third kappa shape index (κ3) is 4.31. The summed E-state index contributed by atoms with van der Waals surface area (Å²) in [7, 11) is -2.21. The van der Waals surface area contributed by atoms with Gasteiger partial charge in [-0.05, 0) is 25.0 Å². The van der Waals surface area contributed by atoms with E-state index >= 15 is 0 Å². The van der Waals surface area contributed by atoms with Crippen LogP contribution in [-0.4, -0.2) is 38.3 Å². The number of hydrogen-bond donors (Lipinski definition) is 1. The maximum absolute atomic E-state index is 12.2. The van der Waals surface area contributed by atoms with E-state index in [1.807, 2.05) is 20.8 Å². The quantitative estimate of drug-likeness (QED) is 0.865. The lowest BCUT2D eigenvalue weighted by molar-refractivity contribution is -0.122. The smallest absolute Gasteiger partial charge is 0.243 e. The van der Waals surface area contributed by atoms with Crippen LogP contribution in [0.4, 0.5) is 0 Å². The molecule has 1 amide bonds. The summed E-state index contributed by atoms with van der Waals surface area (Å²) < 4.78 is 25.5. The molecule has 112 valence electrons. The van der Waals surface area contributed by atoms with E-state index in [4.69, 9.17) is 0 Å². The molecule has 1 N–H and O–H groups in total. The standard InChI is InChI=1S/C14H22N2O3S/c1-11(2)12(3)15-14(17)10-16(4)20(18,19)13-8-6-5-7-9-13/h5-9,11-12H,10H2,1-4H3,(H,15,17)/t12-/m0/s1. The van der Waals surface area contributed by atoms with Crippen LogP contribution in [0.15, 0.2) is 35.2 Å². The number of carbonyl (C=O) groups is 1. The molecule has 0 saturated heterocycles. The van der Waals surface area contributed by atoms with Gasteiger partial charge < -0.3 is 5.32 Å². The molecular formula is C14H22N2O3S. The second-order valence-corrected chi connectivity index (χ2v) is 7.22. The van der Waals surface area contributed by atoms with Gasteiger partial charge >= 0.3 is 0 Å². The van der Waals surface area contributed by atoms with Crippen LogP contribution in [0.25, 0.3) is 0 Å². The van der Waals surface area contributed by atoms with Crippen molar-refractivity contribution in [1.82, 2.24) is 9.62 Å². The van der Waals surface area contributed by atoms with Crippen LogP contribution in [0.1, 0.15) is 20.8 Å². The minimum Gasteiger partial charge on any atom is -0.352 e. The number of likely N-dealkylation sites (N-methyl/N-ethyl adjacent to an activating group) is 1. The van der Waals surface area contributed by atoms with E-state index in [0.29, 0.717) is 5.92 Å². The molecule has 6 heteroatoms. The molecule has 0 aliphatic carbocycles. The Morgan fingerprint density at radius 1 is 1.20 bits per heavy atom. The summed E-state index contributed by atoms with van der Waals surface area (Å²) in [5.74, 6) is 0.00296. The molecule has 0 bridgehead atoms. The fraction of sp³-hybridized carbons (Fsp3) is 0.500. The zero-order valence-electron chi connectivity index (χ0n) is 12.3. The molecule has 0 fully saturated rings. The number of hydrogen-bond acceptors (Lipinski definition) is 3. The number of amides is 1. The molecule has 0 aromatic heterocycles. The maximum Gasteiger partial charge on any atom is 0.243 e. The van der Waals surface area contributed by atoms with Gasteiger partial charge in [0, 0.05) is 13.1 Å². The average Bonchev–Trinajstić information content (AvgIpc) is 2.39. The topological polar surface area (TPSA) is 66.5 Å². The summed E-state index contributed by atoms with van der Waals surface area (Å²) in [5.41, 5.74) is 0. The van der Waals surface area contributed by atoms with E-state index in [-0.39, 0.29) is 23.4 Å². The molecule has 0 aliphatic heterocycles. The lowest BCUT2D eigenvalue weighted by Crippen LogP contribution is -2.43. The minimum atomic E-state index is -3.62. The highest BCUT2D eigenvalue weighted by Gasteiger charge is 2.23. The van der Waals surface area contributed by atoms with Crippen LogP contribution in [0.5, 0.6) is 0 Å². The van der Waals surface area contributed by atoms with Crippen LogP contribution < -0.4 is 5.32 Å². The second kappa shape index (κ2) is 6.85. The van der Waals surface area contributed by atoms with E-state index in [1.165, 1.54) is 19.2 Å². The van der Waals surface area contributed by atoms with E-state index < -0.39 is 10.0 Å². The Bertz CT molecular complexity index is 541. The Kier molecular flexibility index (Phi) is 5.71. The van der Waals surface area contributed by atoms with Crippen LogP contribution in [0.3, 0.4) is 0 Å². The van der Waals surface area contributed by atoms with Gasteiger partial charge in [0.1, 0.15) is 0 Å². The van der Waals surface area contributed by atoms with Crippen molar-refractivity contribution < 1.29 is 13.2 Å². The Balaban J connectivity index is 2.71. The summed E-state index contributed by atoms with van der Waals surface area (Å²) in [6.45, 7) is 5.70. The van der Waals surface area contributed by atoms with Crippen LogP contribution in [-0.2, 0) is 14.8 Å². The normalized spacial score (nSPS) is 13.5. The van der Waals surface area contributed by atoms with Crippen LogP contribution >= 0.6 is 0 Å². The Hall–Kier alpha value is -1.40. The molecule has 0 spiro atoms. The van der Waals surface area contributed by atoms with Gasteiger partial charge in [0.2, 0.25) is 15.9 Å². The highest BCUT2D eigenvalue weighted by molar-refractivity contribution is 7.89. The Morgan fingerprint density at radius 3 is 2.25 bits per heavy atom. The van der Waals surface area contributed by atoms with Crippen LogP contribution in [0.2, 0.25) is 0 Å². The van der Waals surface area contributed by atoms with Gasteiger partial charge in [0.05, 0.1) is 11.4 Å². The first kappa shape index (κ1) is 16.7. The molecule has 5 nitrogen and oxygen atoms in total.